The van der Waals surface area contributed by atoms with Gasteiger partial charge in [0.05, 0.1) is 12.7 Å². The molecule has 1 spiro atoms. The number of hydrogen-bond donors (Lipinski definition) is 2. The summed E-state index contributed by atoms with van der Waals surface area (Å²) in [7, 11) is 1.93. The van der Waals surface area contributed by atoms with Gasteiger partial charge in [-0.15, -0.1) is 11.3 Å². The van der Waals surface area contributed by atoms with E-state index in [1.54, 1.807) is 11.3 Å². The predicted octanol–water partition coefficient (Wildman–Crippen LogP) is 2.15. The van der Waals surface area contributed by atoms with Crippen molar-refractivity contribution in [3.05, 3.63) is 34.5 Å². The first-order chi connectivity index (χ1) is 14.1. The summed E-state index contributed by atoms with van der Waals surface area (Å²) in [5, 5.41) is 17.9. The van der Waals surface area contributed by atoms with Gasteiger partial charge in [0.15, 0.2) is 0 Å². The zero-order valence-electron chi connectivity index (χ0n) is 16.2. The lowest BCUT2D eigenvalue weighted by Gasteiger charge is -2.42. The number of carbonyl (C=O) groups is 2. The van der Waals surface area contributed by atoms with E-state index in [1.165, 1.54) is 10.6 Å². The largest absolute Gasteiger partial charge is 0.490 e. The molecule has 1 atom stereocenters. The fourth-order valence-corrected chi connectivity index (χ4v) is 4.62. The highest BCUT2D eigenvalue weighted by atomic mass is 32.1. The molecule has 2 fully saturated rings. The van der Waals surface area contributed by atoms with Crippen LogP contribution in [0.3, 0.4) is 0 Å². The molecule has 2 N–H and O–H groups in total. The Morgan fingerprint density at radius 1 is 1.40 bits per heavy atom. The molecule has 2 aromatic rings. The van der Waals surface area contributed by atoms with E-state index in [0.717, 1.165) is 32.5 Å². The average Bonchev–Trinajstić information content (AvgIpc) is 3.38. The number of aromatic nitrogens is 3. The quantitative estimate of drug-likeness (QED) is 0.751. The molecule has 4 heterocycles. The molecule has 0 aliphatic carbocycles. The number of hydrogen-bond acceptors (Lipinski definition) is 6. The zero-order chi connectivity index (χ0) is 21.9. The SMILES string of the molecule is Cn1cc(C2CC(=O)NC23CCN(Cc2nccs2)CC3)cn1.O=C(O)C(F)(F)F. The minimum Gasteiger partial charge on any atom is -0.475 e. The van der Waals surface area contributed by atoms with Gasteiger partial charge < -0.3 is 10.4 Å². The summed E-state index contributed by atoms with van der Waals surface area (Å²) in [5.41, 5.74) is 1.08. The van der Waals surface area contributed by atoms with Crippen LogP contribution in [0.15, 0.2) is 24.0 Å². The predicted molar refractivity (Wildman–Crippen MR) is 102 cm³/mol. The maximum atomic E-state index is 12.1. The van der Waals surface area contributed by atoms with Gasteiger partial charge in [-0.2, -0.15) is 18.3 Å². The van der Waals surface area contributed by atoms with Crippen LogP contribution >= 0.6 is 11.3 Å². The van der Waals surface area contributed by atoms with Gasteiger partial charge in [-0.1, -0.05) is 0 Å². The number of piperidine rings is 1. The fourth-order valence-electron chi connectivity index (χ4n) is 3.96. The highest BCUT2D eigenvalue weighted by Crippen LogP contribution is 2.43. The summed E-state index contributed by atoms with van der Waals surface area (Å²) in [6, 6.07) is 0. The van der Waals surface area contributed by atoms with Gasteiger partial charge in [-0.3, -0.25) is 14.4 Å². The van der Waals surface area contributed by atoms with Crippen LogP contribution < -0.4 is 5.32 Å². The van der Waals surface area contributed by atoms with Crippen LogP contribution in [0.2, 0.25) is 0 Å². The molecule has 1 amide bonds. The van der Waals surface area contributed by atoms with Crippen molar-refractivity contribution < 1.29 is 27.9 Å². The molecule has 2 aromatic heterocycles. The minimum atomic E-state index is -5.08. The molecular weight excluding hydrogens is 423 g/mol. The number of aliphatic carboxylic acids is 1. The van der Waals surface area contributed by atoms with Crippen molar-refractivity contribution in [1.82, 2.24) is 25.0 Å². The van der Waals surface area contributed by atoms with Crippen LogP contribution in [0.4, 0.5) is 13.2 Å². The van der Waals surface area contributed by atoms with Crippen molar-refractivity contribution in [2.75, 3.05) is 13.1 Å². The van der Waals surface area contributed by atoms with E-state index in [4.69, 9.17) is 9.90 Å². The van der Waals surface area contributed by atoms with Gasteiger partial charge in [-0.25, -0.2) is 9.78 Å². The lowest BCUT2D eigenvalue weighted by molar-refractivity contribution is -0.192. The number of carboxylic acid groups (broad SMARTS) is 1. The number of aryl methyl sites for hydroxylation is 1. The van der Waals surface area contributed by atoms with Gasteiger partial charge in [0.2, 0.25) is 5.91 Å². The highest BCUT2D eigenvalue weighted by Gasteiger charge is 2.49. The second-order valence-corrected chi connectivity index (χ2v) is 8.39. The third kappa shape index (κ3) is 5.17. The molecule has 0 bridgehead atoms. The Morgan fingerprint density at radius 3 is 2.57 bits per heavy atom. The number of amides is 1. The minimum absolute atomic E-state index is 0.0977. The Bertz CT molecular complexity index is 876. The maximum absolute atomic E-state index is 12.1. The molecule has 164 valence electrons. The number of carboxylic acids is 1. The van der Waals surface area contributed by atoms with Gasteiger partial charge in [0.1, 0.15) is 5.01 Å². The standard InChI is InChI=1S/C16H21N5OS.C2HF3O2/c1-20-10-12(9-18-20)13-8-14(22)19-16(13)2-5-21(6-3-16)11-15-17-4-7-23-15;3-2(4,5)1(6)7/h4,7,9-10,13H,2-3,5-6,8,11H2,1H3,(H,19,22);(H,6,7). The van der Waals surface area contributed by atoms with Crippen molar-refractivity contribution in [1.29, 1.82) is 0 Å². The number of alkyl halides is 3. The number of rotatable bonds is 3. The molecule has 0 aromatic carbocycles. The zero-order valence-corrected chi connectivity index (χ0v) is 17.0. The Labute approximate surface area is 174 Å². The lowest BCUT2D eigenvalue weighted by atomic mass is 9.75. The van der Waals surface area contributed by atoms with E-state index in [0.29, 0.717) is 6.42 Å². The summed E-state index contributed by atoms with van der Waals surface area (Å²) in [4.78, 5) is 27.8. The lowest BCUT2D eigenvalue weighted by Crippen LogP contribution is -2.53. The van der Waals surface area contributed by atoms with Gasteiger partial charge >= 0.3 is 12.1 Å². The van der Waals surface area contributed by atoms with E-state index >= 15 is 0 Å². The molecule has 8 nitrogen and oxygen atoms in total. The molecule has 2 aliphatic heterocycles. The molecule has 12 heteroatoms. The summed E-state index contributed by atoms with van der Waals surface area (Å²) in [6.07, 6.45) is 3.30. The Balaban J connectivity index is 0.000000318. The van der Waals surface area contributed by atoms with Crippen molar-refractivity contribution in [2.45, 2.75) is 43.4 Å². The van der Waals surface area contributed by atoms with Crippen molar-refractivity contribution in [2.24, 2.45) is 7.05 Å². The third-order valence-electron chi connectivity index (χ3n) is 5.41. The number of likely N-dealkylation sites (tertiary alicyclic amines) is 1. The van der Waals surface area contributed by atoms with Crippen LogP contribution in [0.1, 0.15) is 35.8 Å². The van der Waals surface area contributed by atoms with E-state index in [1.807, 2.05) is 29.5 Å². The van der Waals surface area contributed by atoms with Crippen LogP contribution in [0.5, 0.6) is 0 Å². The van der Waals surface area contributed by atoms with E-state index in [-0.39, 0.29) is 17.4 Å². The fraction of sp³-hybridized carbons (Fsp3) is 0.556. The molecular formula is C18H22F3N5O3S. The smallest absolute Gasteiger partial charge is 0.475 e. The third-order valence-corrected chi connectivity index (χ3v) is 6.17. The number of nitrogens with one attached hydrogen (secondary N) is 1. The first-order valence-corrected chi connectivity index (χ1v) is 10.2. The topological polar surface area (TPSA) is 100 Å². The molecule has 0 radical (unpaired) electrons. The van der Waals surface area contributed by atoms with E-state index < -0.39 is 12.1 Å². The Morgan fingerprint density at radius 2 is 2.07 bits per heavy atom. The number of nitrogens with zero attached hydrogens (tertiary/aromatic N) is 4. The van der Waals surface area contributed by atoms with Gasteiger partial charge in [0.25, 0.3) is 0 Å². The summed E-state index contributed by atoms with van der Waals surface area (Å²) >= 11 is 1.71. The summed E-state index contributed by atoms with van der Waals surface area (Å²) < 4.78 is 33.6. The van der Waals surface area contributed by atoms with E-state index in [9.17, 15) is 18.0 Å². The molecule has 30 heavy (non-hydrogen) atoms. The molecule has 2 aliphatic rings. The van der Waals surface area contributed by atoms with Crippen molar-refractivity contribution in [3.63, 3.8) is 0 Å². The average molecular weight is 445 g/mol. The monoisotopic (exact) mass is 445 g/mol. The Kier molecular flexibility index (Phi) is 6.46. The number of carbonyl (C=O) groups excluding carboxylic acids is 1. The highest BCUT2D eigenvalue weighted by molar-refractivity contribution is 7.09. The summed E-state index contributed by atoms with van der Waals surface area (Å²) in [5.74, 6) is -2.34. The first kappa shape index (κ1) is 22.2. The van der Waals surface area contributed by atoms with Crippen LogP contribution in [-0.2, 0) is 23.2 Å². The Hall–Kier alpha value is -2.47. The van der Waals surface area contributed by atoms with Crippen molar-refractivity contribution in [3.8, 4) is 0 Å². The molecule has 1 unspecified atom stereocenters. The second-order valence-electron chi connectivity index (χ2n) is 7.41. The molecule has 2 saturated heterocycles. The van der Waals surface area contributed by atoms with Crippen LogP contribution in [0.25, 0.3) is 0 Å². The van der Waals surface area contributed by atoms with E-state index in [2.05, 4.69) is 26.5 Å². The first-order valence-electron chi connectivity index (χ1n) is 9.29. The molecule has 4 rings (SSSR count). The van der Waals surface area contributed by atoms with Crippen LogP contribution in [-0.4, -0.2) is 61.5 Å². The molecule has 0 saturated carbocycles. The van der Waals surface area contributed by atoms with Gasteiger partial charge in [0, 0.05) is 55.8 Å². The number of thiazole rings is 1. The maximum Gasteiger partial charge on any atom is 0.490 e. The number of halogens is 3. The summed E-state index contributed by atoms with van der Waals surface area (Å²) in [6.45, 7) is 2.91. The van der Waals surface area contributed by atoms with Crippen LogP contribution in [0, 0.1) is 0 Å². The van der Waals surface area contributed by atoms with Gasteiger partial charge in [-0.05, 0) is 18.4 Å². The van der Waals surface area contributed by atoms with Crippen molar-refractivity contribution >= 4 is 23.2 Å². The normalized spacial score (nSPS) is 21.2. The second kappa shape index (κ2) is 8.72.